The Morgan fingerprint density at radius 2 is 2.04 bits per heavy atom. The summed E-state index contributed by atoms with van der Waals surface area (Å²) in [7, 11) is 0. The van der Waals surface area contributed by atoms with E-state index in [0.717, 1.165) is 5.56 Å². The van der Waals surface area contributed by atoms with Crippen LogP contribution in [0.3, 0.4) is 0 Å². The Hall–Kier alpha value is -2.57. The monoisotopic (exact) mass is 391 g/mol. The van der Waals surface area contributed by atoms with Crippen molar-refractivity contribution in [1.82, 2.24) is 15.5 Å². The van der Waals surface area contributed by atoms with Crippen LogP contribution in [0.5, 0.6) is 5.75 Å². The first-order valence-corrected chi connectivity index (χ1v) is 8.51. The van der Waals surface area contributed by atoms with Crippen molar-refractivity contribution in [3.05, 3.63) is 75.4 Å². The largest absolute Gasteiger partial charge is 0.485 e. The molecule has 0 unspecified atom stereocenters. The maximum atomic E-state index is 12.5. The van der Waals surface area contributed by atoms with Gasteiger partial charge in [0.1, 0.15) is 5.75 Å². The Morgan fingerprint density at radius 3 is 2.77 bits per heavy atom. The second-order valence-electron chi connectivity index (χ2n) is 5.43. The minimum atomic E-state index is -0.282. The Balaban J connectivity index is 1.67. The van der Waals surface area contributed by atoms with E-state index in [1.807, 2.05) is 0 Å². The van der Waals surface area contributed by atoms with E-state index in [1.54, 1.807) is 49.4 Å². The summed E-state index contributed by atoms with van der Waals surface area (Å²) in [6.45, 7) is 2.07. The first-order valence-electron chi connectivity index (χ1n) is 7.76. The van der Waals surface area contributed by atoms with Gasteiger partial charge in [0.25, 0.3) is 5.91 Å². The van der Waals surface area contributed by atoms with Crippen molar-refractivity contribution in [2.45, 2.75) is 20.1 Å². The summed E-state index contributed by atoms with van der Waals surface area (Å²) < 4.78 is 10.6. The Bertz CT molecular complexity index is 928. The number of rotatable bonds is 6. The summed E-state index contributed by atoms with van der Waals surface area (Å²) in [5.74, 6) is 1.01. The van der Waals surface area contributed by atoms with Crippen molar-refractivity contribution in [3.8, 4) is 5.75 Å². The lowest BCUT2D eigenvalue weighted by atomic mass is 10.1. The van der Waals surface area contributed by atoms with Gasteiger partial charge >= 0.3 is 0 Å². The lowest BCUT2D eigenvalue weighted by Gasteiger charge is -2.11. The van der Waals surface area contributed by atoms with Gasteiger partial charge in [-0.3, -0.25) is 4.79 Å². The van der Waals surface area contributed by atoms with Crippen molar-refractivity contribution >= 4 is 29.1 Å². The minimum absolute atomic E-state index is 0.102. The average Bonchev–Trinajstić information content (AvgIpc) is 3.04. The van der Waals surface area contributed by atoms with E-state index in [0.29, 0.717) is 33.1 Å². The molecule has 3 aromatic rings. The number of amides is 1. The molecular weight excluding hydrogens is 377 g/mol. The summed E-state index contributed by atoms with van der Waals surface area (Å²) in [5, 5.41) is 7.62. The van der Waals surface area contributed by atoms with Gasteiger partial charge in [0.15, 0.2) is 6.61 Å². The molecule has 0 aliphatic heterocycles. The van der Waals surface area contributed by atoms with Gasteiger partial charge < -0.3 is 14.6 Å². The van der Waals surface area contributed by atoms with E-state index in [-0.39, 0.29) is 19.1 Å². The molecule has 0 fully saturated rings. The summed E-state index contributed by atoms with van der Waals surface area (Å²) >= 11 is 12.0. The predicted octanol–water partition coefficient (Wildman–Crippen LogP) is 4.19. The lowest BCUT2D eigenvalue weighted by molar-refractivity contribution is 0.0946. The smallest absolute Gasteiger partial charge is 0.255 e. The molecule has 0 aliphatic carbocycles. The number of hydrogen-bond donors (Lipinski definition) is 1. The fourth-order valence-corrected chi connectivity index (χ4v) is 2.73. The topological polar surface area (TPSA) is 77.2 Å². The zero-order valence-corrected chi connectivity index (χ0v) is 15.3. The van der Waals surface area contributed by atoms with Crippen LogP contribution in [0.4, 0.5) is 0 Å². The molecule has 3 rings (SSSR count). The van der Waals surface area contributed by atoms with Crippen LogP contribution in [0.15, 0.2) is 47.0 Å². The molecule has 134 valence electrons. The Labute approximate surface area is 160 Å². The van der Waals surface area contributed by atoms with Gasteiger partial charge in [0.2, 0.25) is 11.7 Å². The van der Waals surface area contributed by atoms with Crippen LogP contribution in [0, 0.1) is 6.92 Å². The molecule has 1 aromatic heterocycles. The molecule has 1 heterocycles. The molecule has 0 bridgehead atoms. The molecule has 0 spiro atoms. The van der Waals surface area contributed by atoms with Crippen LogP contribution in [0.25, 0.3) is 0 Å². The van der Waals surface area contributed by atoms with E-state index in [4.69, 9.17) is 32.5 Å². The van der Waals surface area contributed by atoms with Gasteiger partial charge in [-0.05, 0) is 29.8 Å². The minimum Gasteiger partial charge on any atom is -0.485 e. The fourth-order valence-electron chi connectivity index (χ4n) is 2.26. The number of benzene rings is 2. The number of nitrogens with one attached hydrogen (secondary N) is 1. The highest BCUT2D eigenvalue weighted by molar-refractivity contribution is 6.35. The van der Waals surface area contributed by atoms with Gasteiger partial charge in [-0.25, -0.2) is 0 Å². The molecule has 0 saturated carbocycles. The zero-order valence-electron chi connectivity index (χ0n) is 13.8. The quantitative estimate of drug-likeness (QED) is 0.681. The van der Waals surface area contributed by atoms with E-state index in [1.165, 1.54) is 0 Å². The predicted molar refractivity (Wildman–Crippen MR) is 97.4 cm³/mol. The number of nitrogens with zero attached hydrogens (tertiary/aromatic N) is 2. The fraction of sp³-hybridized carbons (Fsp3) is 0.167. The molecule has 0 aliphatic rings. The van der Waals surface area contributed by atoms with Crippen LogP contribution in [-0.2, 0) is 13.2 Å². The average molecular weight is 392 g/mol. The highest BCUT2D eigenvalue weighted by Crippen LogP contribution is 2.22. The molecule has 8 heteroatoms. The number of carbonyl (C=O) groups excluding carboxylic acids is 1. The van der Waals surface area contributed by atoms with Crippen molar-refractivity contribution in [2.24, 2.45) is 0 Å². The summed E-state index contributed by atoms with van der Waals surface area (Å²) in [6, 6.07) is 12.0. The number of halogens is 2. The van der Waals surface area contributed by atoms with Gasteiger partial charge in [-0.2, -0.15) is 4.98 Å². The maximum Gasteiger partial charge on any atom is 0.255 e. The first kappa shape index (κ1) is 18.2. The molecule has 1 amide bonds. The molecule has 0 saturated heterocycles. The molecule has 0 atom stereocenters. The van der Waals surface area contributed by atoms with Gasteiger partial charge in [-0.1, -0.05) is 46.6 Å². The van der Waals surface area contributed by atoms with E-state index in [2.05, 4.69) is 15.5 Å². The van der Waals surface area contributed by atoms with Crippen LogP contribution < -0.4 is 10.1 Å². The van der Waals surface area contributed by atoms with Gasteiger partial charge in [0, 0.05) is 23.5 Å². The molecular formula is C18H15Cl2N3O3. The van der Waals surface area contributed by atoms with Crippen molar-refractivity contribution in [2.75, 3.05) is 0 Å². The van der Waals surface area contributed by atoms with Crippen LogP contribution in [-0.4, -0.2) is 16.0 Å². The number of para-hydroxylation sites is 1. The maximum absolute atomic E-state index is 12.5. The third kappa shape index (κ3) is 4.53. The highest BCUT2D eigenvalue weighted by atomic mass is 35.5. The lowest BCUT2D eigenvalue weighted by Crippen LogP contribution is -2.23. The number of carbonyl (C=O) groups is 1. The van der Waals surface area contributed by atoms with Gasteiger partial charge in [0.05, 0.1) is 5.56 Å². The third-order valence-electron chi connectivity index (χ3n) is 3.51. The SMILES string of the molecule is Cc1nc(COc2ccccc2C(=O)NCc2ccc(Cl)cc2Cl)no1. The van der Waals surface area contributed by atoms with E-state index in [9.17, 15) is 4.79 Å². The molecule has 1 N–H and O–H groups in total. The zero-order chi connectivity index (χ0) is 18.5. The summed E-state index contributed by atoms with van der Waals surface area (Å²) in [4.78, 5) is 16.6. The van der Waals surface area contributed by atoms with E-state index >= 15 is 0 Å². The number of aromatic nitrogens is 2. The molecule has 6 nitrogen and oxygen atoms in total. The molecule has 26 heavy (non-hydrogen) atoms. The number of aryl methyl sites for hydroxylation is 1. The van der Waals surface area contributed by atoms with Crippen molar-refractivity contribution in [3.63, 3.8) is 0 Å². The van der Waals surface area contributed by atoms with Crippen molar-refractivity contribution < 1.29 is 14.1 Å². The number of hydrogen-bond acceptors (Lipinski definition) is 5. The Morgan fingerprint density at radius 1 is 1.23 bits per heavy atom. The third-order valence-corrected chi connectivity index (χ3v) is 4.10. The van der Waals surface area contributed by atoms with Gasteiger partial charge in [-0.15, -0.1) is 0 Å². The van der Waals surface area contributed by atoms with Crippen molar-refractivity contribution in [1.29, 1.82) is 0 Å². The summed E-state index contributed by atoms with van der Waals surface area (Å²) in [6.07, 6.45) is 0. The number of ether oxygens (including phenoxy) is 1. The second kappa shape index (κ2) is 8.21. The van der Waals surface area contributed by atoms with Crippen LogP contribution in [0.2, 0.25) is 10.0 Å². The summed E-state index contributed by atoms with van der Waals surface area (Å²) in [5.41, 5.74) is 1.17. The highest BCUT2D eigenvalue weighted by Gasteiger charge is 2.14. The normalized spacial score (nSPS) is 10.6. The standard InChI is InChI=1S/C18H15Cl2N3O3/c1-11-22-17(23-26-11)10-25-16-5-3-2-4-14(16)18(24)21-9-12-6-7-13(19)8-15(12)20/h2-8H,9-10H2,1H3,(H,21,24). The van der Waals surface area contributed by atoms with Crippen LogP contribution in [0.1, 0.15) is 27.6 Å². The second-order valence-corrected chi connectivity index (χ2v) is 6.28. The molecule has 0 radical (unpaired) electrons. The van der Waals surface area contributed by atoms with E-state index < -0.39 is 0 Å². The Kier molecular flexibility index (Phi) is 5.75. The first-order chi connectivity index (χ1) is 12.5. The van der Waals surface area contributed by atoms with Crippen LogP contribution >= 0.6 is 23.2 Å². The molecule has 2 aromatic carbocycles.